The van der Waals surface area contributed by atoms with Crippen LogP contribution in [-0.2, 0) is 11.1 Å². The van der Waals surface area contributed by atoms with Gasteiger partial charge in [-0.05, 0) is 78.4 Å². The van der Waals surface area contributed by atoms with Gasteiger partial charge in [-0.1, -0.05) is 97.0 Å². The molecule has 6 rings (SSSR count). The van der Waals surface area contributed by atoms with E-state index in [2.05, 4.69) is 65.2 Å². The van der Waals surface area contributed by atoms with E-state index >= 15 is 4.39 Å². The van der Waals surface area contributed by atoms with Gasteiger partial charge in [0.25, 0.3) is 0 Å². The lowest BCUT2D eigenvalue weighted by Gasteiger charge is -2.29. The Labute approximate surface area is 259 Å². The summed E-state index contributed by atoms with van der Waals surface area (Å²) < 4.78 is 49.8. The van der Waals surface area contributed by atoms with Gasteiger partial charge < -0.3 is 4.42 Å². The van der Waals surface area contributed by atoms with Crippen molar-refractivity contribution in [1.82, 2.24) is 9.55 Å². The normalized spacial score (nSPS) is 14.3. The molecule has 0 saturated carbocycles. The smallest absolute Gasteiger partial charge is 0.149 e. The molecule has 0 spiro atoms. The molecule has 0 unspecified atom stereocenters. The number of benzene rings is 4. The predicted molar refractivity (Wildman–Crippen MR) is 180 cm³/mol. The van der Waals surface area contributed by atoms with Crippen LogP contribution in [0, 0.1) is 6.85 Å². The number of para-hydroxylation sites is 2. The molecule has 4 heteroatoms. The second-order valence-corrected chi connectivity index (χ2v) is 13.9. The summed E-state index contributed by atoms with van der Waals surface area (Å²) in [6.07, 6.45) is 0. The van der Waals surface area contributed by atoms with E-state index in [0.29, 0.717) is 44.5 Å². The fourth-order valence-corrected chi connectivity index (χ4v) is 6.26. The second kappa shape index (κ2) is 10.1. The van der Waals surface area contributed by atoms with Gasteiger partial charge in [0.2, 0.25) is 0 Å². The van der Waals surface area contributed by atoms with E-state index in [9.17, 15) is 0 Å². The Balaban J connectivity index is 1.86. The summed E-state index contributed by atoms with van der Waals surface area (Å²) in [5.41, 5.74) is 6.59. The van der Waals surface area contributed by atoms with Crippen LogP contribution in [0.25, 0.3) is 50.0 Å². The molecule has 0 aliphatic heterocycles. The van der Waals surface area contributed by atoms with Gasteiger partial charge in [0.15, 0.2) is 0 Å². The third-order valence-electron chi connectivity index (χ3n) is 8.59. The molecule has 0 amide bonds. The molecule has 0 N–H and O–H groups in total. The van der Waals surface area contributed by atoms with Crippen molar-refractivity contribution in [3.05, 3.63) is 94.5 Å². The molecule has 222 valence electrons. The first-order chi connectivity index (χ1) is 21.4. The first-order valence-corrected chi connectivity index (χ1v) is 15.2. The van der Waals surface area contributed by atoms with Gasteiger partial charge in [0.1, 0.15) is 22.7 Å². The maximum atomic E-state index is 16.2. The predicted octanol–water partition coefficient (Wildman–Crippen LogP) is 11.6. The summed E-state index contributed by atoms with van der Waals surface area (Å²) in [6.45, 7) is 16.2. The number of alkyl halides is 1. The minimum absolute atomic E-state index is 0.0801. The van der Waals surface area contributed by atoms with E-state index in [1.165, 1.54) is 5.56 Å². The summed E-state index contributed by atoms with van der Waals surface area (Å²) in [4.78, 5) is 5.21. The molecule has 0 fully saturated rings. The highest BCUT2D eigenvalue weighted by Gasteiger charge is 2.31. The SMILES string of the molecule is [2H]C([2H])([2H])c1ccc(-c2nc3cccc(C(C)(C)F)c3n2-c2c(C(C)C)cc(C(C)(C)C)cc2C(C)C)c2oc3ccccc3c12. The highest BCUT2D eigenvalue weighted by Crippen LogP contribution is 2.45. The van der Waals surface area contributed by atoms with Crippen molar-refractivity contribution < 1.29 is 12.9 Å². The van der Waals surface area contributed by atoms with Gasteiger partial charge in [0.05, 0.1) is 22.3 Å². The van der Waals surface area contributed by atoms with Crippen molar-refractivity contribution in [1.29, 1.82) is 0 Å². The zero-order valence-electron chi connectivity index (χ0n) is 29.7. The van der Waals surface area contributed by atoms with Gasteiger partial charge in [0, 0.05) is 20.4 Å². The maximum Gasteiger partial charge on any atom is 0.149 e. The molecule has 2 aromatic heterocycles. The number of aryl methyl sites for hydroxylation is 1. The van der Waals surface area contributed by atoms with Crippen molar-refractivity contribution in [3.8, 4) is 17.1 Å². The Morgan fingerprint density at radius 3 is 2.14 bits per heavy atom. The van der Waals surface area contributed by atoms with Gasteiger partial charge in [-0.2, -0.15) is 0 Å². The van der Waals surface area contributed by atoms with Gasteiger partial charge in [-0.25, -0.2) is 9.37 Å². The molecule has 4 aromatic carbocycles. The monoisotopic (exact) mass is 577 g/mol. The summed E-state index contributed by atoms with van der Waals surface area (Å²) in [7, 11) is 0. The Morgan fingerprint density at radius 1 is 0.860 bits per heavy atom. The molecule has 0 aliphatic carbocycles. The highest BCUT2D eigenvalue weighted by atomic mass is 19.1. The average Bonchev–Trinajstić information content (AvgIpc) is 3.53. The van der Waals surface area contributed by atoms with E-state index in [4.69, 9.17) is 13.5 Å². The first kappa shape index (κ1) is 25.6. The molecule has 3 nitrogen and oxygen atoms in total. The maximum absolute atomic E-state index is 16.2. The minimum atomic E-state index is -2.35. The van der Waals surface area contributed by atoms with E-state index in [1.54, 1.807) is 26.0 Å². The van der Waals surface area contributed by atoms with Crippen LogP contribution in [-0.4, -0.2) is 9.55 Å². The number of rotatable bonds is 5. The molecule has 6 aromatic rings. The van der Waals surface area contributed by atoms with Crippen molar-refractivity contribution in [2.24, 2.45) is 0 Å². The standard InChI is InChI=1S/C39H43FN2O/c1-22(2)28-20-25(38(6,7)8)21-29(23(3)4)34(28)42-35-30(39(9,10)40)15-13-16-31(35)41-37(42)27-19-18-24(5)33-26-14-11-12-17-32(26)43-36(27)33/h11-23H,1-10H3/i5D3. The third kappa shape index (κ3) is 4.76. The van der Waals surface area contributed by atoms with Crippen LogP contribution < -0.4 is 0 Å². The Morgan fingerprint density at radius 2 is 1.53 bits per heavy atom. The summed E-state index contributed by atoms with van der Waals surface area (Å²) in [6, 6.07) is 21.2. The molecule has 0 radical (unpaired) electrons. The van der Waals surface area contributed by atoms with Crippen LogP contribution in [0.4, 0.5) is 4.39 Å². The Bertz CT molecular complexity index is 2090. The van der Waals surface area contributed by atoms with Crippen molar-refractivity contribution in [2.75, 3.05) is 0 Å². The van der Waals surface area contributed by atoms with Crippen molar-refractivity contribution in [3.63, 3.8) is 0 Å². The molecule has 43 heavy (non-hydrogen) atoms. The van der Waals surface area contributed by atoms with Crippen molar-refractivity contribution >= 4 is 33.0 Å². The topological polar surface area (TPSA) is 31.0 Å². The van der Waals surface area contributed by atoms with Crippen LogP contribution in [0.2, 0.25) is 0 Å². The molecular formula is C39H43FN2O. The number of furan rings is 1. The highest BCUT2D eigenvalue weighted by molar-refractivity contribution is 6.11. The molecule has 0 atom stereocenters. The van der Waals surface area contributed by atoms with Gasteiger partial charge in [-0.15, -0.1) is 0 Å². The van der Waals surface area contributed by atoms with E-state index in [-0.39, 0.29) is 22.8 Å². The zero-order valence-corrected chi connectivity index (χ0v) is 26.7. The van der Waals surface area contributed by atoms with E-state index in [0.717, 1.165) is 22.2 Å². The Kier molecular flexibility index (Phi) is 5.99. The first-order valence-electron chi connectivity index (χ1n) is 16.7. The van der Waals surface area contributed by atoms with Crippen LogP contribution in [0.3, 0.4) is 0 Å². The quantitative estimate of drug-likeness (QED) is 0.204. The van der Waals surface area contributed by atoms with Crippen molar-refractivity contribution in [2.45, 2.75) is 92.1 Å². The number of halogens is 1. The van der Waals surface area contributed by atoms with E-state index < -0.39 is 12.5 Å². The zero-order chi connectivity index (χ0) is 33.5. The molecular weight excluding hydrogens is 531 g/mol. The molecule has 0 bridgehead atoms. The van der Waals surface area contributed by atoms with Crippen LogP contribution in [0.5, 0.6) is 0 Å². The molecule has 0 saturated heterocycles. The molecule has 2 heterocycles. The fourth-order valence-electron chi connectivity index (χ4n) is 6.26. The van der Waals surface area contributed by atoms with Gasteiger partial charge in [-0.3, -0.25) is 4.57 Å². The minimum Gasteiger partial charge on any atom is -0.455 e. The molecule has 0 aliphatic rings. The summed E-state index contributed by atoms with van der Waals surface area (Å²) >= 11 is 0. The number of aromatic nitrogens is 2. The summed E-state index contributed by atoms with van der Waals surface area (Å²) in [5.74, 6) is 0.879. The summed E-state index contributed by atoms with van der Waals surface area (Å²) in [5, 5.41) is 1.29. The fraction of sp³-hybridized carbons (Fsp3) is 0.359. The number of imidazole rings is 1. The largest absolute Gasteiger partial charge is 0.455 e. The number of hydrogen-bond donors (Lipinski definition) is 0. The van der Waals surface area contributed by atoms with Crippen LogP contribution in [0.15, 0.2) is 71.1 Å². The van der Waals surface area contributed by atoms with E-state index in [1.807, 2.05) is 42.5 Å². The Hall–Kier alpha value is -3.92. The lowest BCUT2D eigenvalue weighted by molar-refractivity contribution is 0.223. The van der Waals surface area contributed by atoms with Gasteiger partial charge >= 0.3 is 0 Å². The number of nitrogens with zero attached hydrogens (tertiary/aromatic N) is 2. The third-order valence-corrected chi connectivity index (χ3v) is 8.59. The lowest BCUT2D eigenvalue weighted by atomic mass is 9.81. The second-order valence-electron chi connectivity index (χ2n) is 13.9. The number of fused-ring (bicyclic) bond motifs is 4. The van der Waals surface area contributed by atoms with Crippen LogP contribution in [0.1, 0.15) is 106 Å². The lowest BCUT2D eigenvalue weighted by Crippen LogP contribution is -2.17. The van der Waals surface area contributed by atoms with Crippen LogP contribution >= 0.6 is 0 Å². The number of hydrogen-bond acceptors (Lipinski definition) is 2. The average molecular weight is 578 g/mol.